The first-order valence-corrected chi connectivity index (χ1v) is 3.90. The maximum atomic E-state index is 5.01. The quantitative estimate of drug-likeness (QED) is 0.690. The molecule has 0 radical (unpaired) electrons. The first kappa shape index (κ1) is 17.3. The van der Waals surface area contributed by atoms with Crippen LogP contribution < -0.4 is 0 Å². The SMILES string of the molecule is [CH-]=CCCC.[CH-]=CCCC.[Pt+2]. The van der Waals surface area contributed by atoms with Gasteiger partial charge in [-0.05, 0) is 0 Å². The van der Waals surface area contributed by atoms with Crippen molar-refractivity contribution < 1.29 is 21.1 Å². The van der Waals surface area contributed by atoms with Crippen molar-refractivity contribution in [2.45, 2.75) is 39.5 Å². The van der Waals surface area contributed by atoms with E-state index in [-0.39, 0.29) is 21.1 Å². The molecule has 0 saturated heterocycles. The van der Waals surface area contributed by atoms with Crippen LogP contribution in [0.3, 0.4) is 0 Å². The molecule has 0 atom stereocenters. The van der Waals surface area contributed by atoms with Crippen molar-refractivity contribution in [3.63, 3.8) is 0 Å². The monoisotopic (exact) mass is 333 g/mol. The smallest absolute Gasteiger partial charge is 0.518 e. The fourth-order valence-electron chi connectivity index (χ4n) is 0.333. The summed E-state index contributed by atoms with van der Waals surface area (Å²) >= 11 is 0. The Hall–Kier alpha value is 0.168. The van der Waals surface area contributed by atoms with Crippen LogP contribution in [-0.4, -0.2) is 0 Å². The Morgan fingerprint density at radius 2 is 1.18 bits per heavy atom. The van der Waals surface area contributed by atoms with Gasteiger partial charge in [0.25, 0.3) is 0 Å². The Balaban J connectivity index is -0.000000107. The van der Waals surface area contributed by atoms with Gasteiger partial charge in [0.2, 0.25) is 0 Å². The topological polar surface area (TPSA) is 0 Å². The van der Waals surface area contributed by atoms with Crippen LogP contribution in [0.2, 0.25) is 0 Å². The second-order valence-electron chi connectivity index (χ2n) is 2.05. The first-order chi connectivity index (χ1) is 4.83. The molecule has 0 unspecified atom stereocenters. The van der Waals surface area contributed by atoms with Gasteiger partial charge in [-0.25, -0.2) is 0 Å². The molecule has 0 aliphatic rings. The largest absolute Gasteiger partial charge is 2.00 e. The second kappa shape index (κ2) is 22.5. The van der Waals surface area contributed by atoms with Crippen molar-refractivity contribution >= 4 is 0 Å². The van der Waals surface area contributed by atoms with E-state index < -0.39 is 0 Å². The summed E-state index contributed by atoms with van der Waals surface area (Å²) in [6.07, 6.45) is 7.77. The molecule has 0 heterocycles. The van der Waals surface area contributed by atoms with Crippen LogP contribution in [0.5, 0.6) is 0 Å². The van der Waals surface area contributed by atoms with Crippen molar-refractivity contribution in [3.8, 4) is 0 Å². The van der Waals surface area contributed by atoms with Gasteiger partial charge in [0.15, 0.2) is 0 Å². The molecule has 0 fully saturated rings. The molecule has 68 valence electrons. The Kier molecular flexibility index (Phi) is 35.3. The van der Waals surface area contributed by atoms with E-state index in [0.29, 0.717) is 0 Å². The molecule has 0 rings (SSSR count). The molecule has 0 amide bonds. The van der Waals surface area contributed by atoms with Gasteiger partial charge in [0.05, 0.1) is 0 Å². The van der Waals surface area contributed by atoms with E-state index in [1.165, 1.54) is 0 Å². The van der Waals surface area contributed by atoms with E-state index in [1.54, 1.807) is 12.2 Å². The molecule has 0 aliphatic carbocycles. The summed E-state index contributed by atoms with van der Waals surface area (Å²) in [5.74, 6) is 0. The average molecular weight is 333 g/mol. The van der Waals surface area contributed by atoms with Crippen LogP contribution in [0.1, 0.15) is 39.5 Å². The summed E-state index contributed by atoms with van der Waals surface area (Å²) in [7, 11) is 0. The molecule has 11 heavy (non-hydrogen) atoms. The molecule has 0 aromatic rings. The molecular formula is C10H18Pt. The Morgan fingerprint density at radius 1 is 0.909 bits per heavy atom. The predicted octanol–water partition coefficient (Wildman–Crippen LogP) is 3.55. The van der Waals surface area contributed by atoms with E-state index in [0.717, 1.165) is 25.7 Å². The van der Waals surface area contributed by atoms with Crippen LogP contribution in [-0.2, 0) is 21.1 Å². The summed E-state index contributed by atoms with van der Waals surface area (Å²) in [4.78, 5) is 0. The fourth-order valence-corrected chi connectivity index (χ4v) is 0.333. The van der Waals surface area contributed by atoms with Crippen molar-refractivity contribution in [2.75, 3.05) is 0 Å². The maximum Gasteiger partial charge on any atom is 2.00 e. The normalized spacial score (nSPS) is 6.73. The number of unbranched alkanes of at least 4 members (excludes halogenated alkanes) is 2. The van der Waals surface area contributed by atoms with Gasteiger partial charge >= 0.3 is 21.1 Å². The molecule has 0 aliphatic heterocycles. The standard InChI is InChI=1S/2C5H9.Pt/c2*1-3-5-4-2;/h2*1,3H,4-5H2,2H3;/q2*-1;+2. The van der Waals surface area contributed by atoms with Crippen LogP contribution in [0, 0.1) is 13.2 Å². The van der Waals surface area contributed by atoms with Crippen molar-refractivity contribution in [1.29, 1.82) is 0 Å². The van der Waals surface area contributed by atoms with E-state index in [2.05, 4.69) is 13.8 Å². The summed E-state index contributed by atoms with van der Waals surface area (Å²) < 4.78 is 0. The third-order valence-corrected chi connectivity index (χ3v) is 0.911. The fraction of sp³-hybridized carbons (Fsp3) is 0.600. The maximum absolute atomic E-state index is 5.01. The van der Waals surface area contributed by atoms with Crippen LogP contribution in [0.25, 0.3) is 0 Å². The Bertz CT molecular complexity index is 57.3. The molecule has 0 bridgehead atoms. The molecule has 0 aromatic carbocycles. The second-order valence-corrected chi connectivity index (χ2v) is 2.05. The third kappa shape index (κ3) is 39.0. The van der Waals surface area contributed by atoms with Gasteiger partial charge in [-0.3, -0.25) is 12.2 Å². The van der Waals surface area contributed by atoms with E-state index in [4.69, 9.17) is 13.2 Å². The van der Waals surface area contributed by atoms with Gasteiger partial charge in [-0.2, -0.15) is 0 Å². The van der Waals surface area contributed by atoms with E-state index >= 15 is 0 Å². The van der Waals surface area contributed by atoms with Crippen LogP contribution in [0.4, 0.5) is 0 Å². The van der Waals surface area contributed by atoms with Crippen molar-refractivity contribution in [1.82, 2.24) is 0 Å². The zero-order valence-electron chi connectivity index (χ0n) is 7.45. The molecule has 0 aromatic heterocycles. The summed E-state index contributed by atoms with van der Waals surface area (Å²) in [6.45, 7) is 14.2. The Labute approximate surface area is 86.0 Å². The third-order valence-electron chi connectivity index (χ3n) is 0.911. The molecule has 0 saturated carbocycles. The average Bonchev–Trinajstić information content (AvgIpc) is 1.93. The number of rotatable bonds is 4. The molecule has 0 N–H and O–H groups in total. The summed E-state index contributed by atoms with van der Waals surface area (Å²) in [5, 5.41) is 0. The number of hydrogen-bond acceptors (Lipinski definition) is 0. The molecule has 1 heteroatoms. The van der Waals surface area contributed by atoms with Gasteiger partial charge in [-0.15, -0.1) is 0 Å². The van der Waals surface area contributed by atoms with Crippen molar-refractivity contribution in [2.24, 2.45) is 0 Å². The summed E-state index contributed by atoms with van der Waals surface area (Å²) in [5.41, 5.74) is 0. The van der Waals surface area contributed by atoms with Crippen molar-refractivity contribution in [3.05, 3.63) is 25.3 Å². The molecular weight excluding hydrogens is 315 g/mol. The zero-order chi connectivity index (χ0) is 8.24. The number of allylic oxidation sites excluding steroid dienone is 2. The Morgan fingerprint density at radius 3 is 1.18 bits per heavy atom. The van der Waals surface area contributed by atoms with Gasteiger partial charge < -0.3 is 13.2 Å². The van der Waals surface area contributed by atoms with E-state index in [1.807, 2.05) is 0 Å². The first-order valence-electron chi connectivity index (χ1n) is 3.90. The van der Waals surface area contributed by atoms with Crippen LogP contribution in [0.15, 0.2) is 12.2 Å². The predicted molar refractivity (Wildman–Crippen MR) is 47.6 cm³/mol. The minimum atomic E-state index is 0. The van der Waals surface area contributed by atoms with Gasteiger partial charge in [-0.1, -0.05) is 39.5 Å². The van der Waals surface area contributed by atoms with Gasteiger partial charge in [0.1, 0.15) is 0 Å². The number of hydrogen-bond donors (Lipinski definition) is 0. The summed E-state index contributed by atoms with van der Waals surface area (Å²) in [6, 6.07) is 0. The van der Waals surface area contributed by atoms with E-state index in [9.17, 15) is 0 Å². The van der Waals surface area contributed by atoms with Crippen LogP contribution >= 0.6 is 0 Å². The zero-order valence-corrected chi connectivity index (χ0v) is 9.73. The molecule has 0 nitrogen and oxygen atoms in total. The minimum Gasteiger partial charge on any atom is -0.518 e. The molecule has 0 spiro atoms. The minimum absolute atomic E-state index is 0. The van der Waals surface area contributed by atoms with Gasteiger partial charge in [0, 0.05) is 0 Å².